The van der Waals surface area contributed by atoms with Crippen LogP contribution in [0, 0.1) is 10.1 Å². The molecule has 0 radical (unpaired) electrons. The van der Waals surface area contributed by atoms with Crippen molar-refractivity contribution in [3.63, 3.8) is 0 Å². The van der Waals surface area contributed by atoms with Crippen molar-refractivity contribution in [2.75, 3.05) is 18.1 Å². The molecule has 0 bridgehead atoms. The minimum Gasteiger partial charge on any atom is -0.359 e. The molecule has 0 atom stereocenters. The first kappa shape index (κ1) is 18.8. The quantitative estimate of drug-likeness (QED) is 0.466. The molecule has 146 valence electrons. The van der Waals surface area contributed by atoms with Crippen LogP contribution >= 0.6 is 0 Å². The van der Waals surface area contributed by atoms with Crippen molar-refractivity contribution in [3.05, 3.63) is 106 Å². The Morgan fingerprint density at radius 3 is 2.21 bits per heavy atom. The molecule has 6 nitrogen and oxygen atoms in total. The van der Waals surface area contributed by atoms with Crippen molar-refractivity contribution in [2.24, 2.45) is 0 Å². The van der Waals surface area contributed by atoms with Crippen molar-refractivity contribution in [3.8, 4) is 0 Å². The fourth-order valence-electron chi connectivity index (χ4n) is 3.61. The molecule has 1 aliphatic rings. The largest absolute Gasteiger partial charge is 0.359 e. The lowest BCUT2D eigenvalue weighted by atomic mass is 10.0. The van der Waals surface area contributed by atoms with Crippen LogP contribution in [-0.2, 0) is 16.0 Å². The summed E-state index contributed by atoms with van der Waals surface area (Å²) < 4.78 is 6.06. The average Bonchev–Trinajstić information content (AvgIpc) is 3.18. The van der Waals surface area contributed by atoms with E-state index in [1.807, 2.05) is 60.7 Å². The zero-order valence-electron chi connectivity index (χ0n) is 15.7. The molecule has 3 aromatic rings. The third kappa shape index (κ3) is 4.02. The van der Waals surface area contributed by atoms with E-state index < -0.39 is 4.92 Å². The van der Waals surface area contributed by atoms with E-state index in [1.165, 1.54) is 12.1 Å². The van der Waals surface area contributed by atoms with E-state index in [4.69, 9.17) is 4.74 Å². The second kappa shape index (κ2) is 8.24. The molecule has 0 aliphatic carbocycles. The number of ether oxygens (including phenoxy) is 1. The van der Waals surface area contributed by atoms with Gasteiger partial charge >= 0.3 is 0 Å². The number of carbonyl (C=O) groups is 1. The van der Waals surface area contributed by atoms with Gasteiger partial charge < -0.3 is 9.64 Å². The highest BCUT2D eigenvalue weighted by atomic mass is 16.6. The Morgan fingerprint density at radius 1 is 1.00 bits per heavy atom. The predicted molar refractivity (Wildman–Crippen MR) is 110 cm³/mol. The molecule has 0 fully saturated rings. The number of rotatable bonds is 6. The van der Waals surface area contributed by atoms with Gasteiger partial charge in [0.2, 0.25) is 0 Å². The Labute approximate surface area is 168 Å². The second-order valence-corrected chi connectivity index (χ2v) is 6.88. The highest BCUT2D eigenvalue weighted by Crippen LogP contribution is 2.32. The Morgan fingerprint density at radius 2 is 1.62 bits per heavy atom. The van der Waals surface area contributed by atoms with Crippen LogP contribution < -0.4 is 4.90 Å². The van der Waals surface area contributed by atoms with E-state index in [-0.39, 0.29) is 24.3 Å². The Bertz CT molecular complexity index is 982. The number of carbonyl (C=O) groups excluding carboxylic acids is 1. The second-order valence-electron chi connectivity index (χ2n) is 6.88. The SMILES string of the molecule is O=C(COC(c1ccccc1)c1ccccc1)N1CCc2ccc([N+](=O)[O-])cc21. The number of nitro groups is 1. The number of benzene rings is 3. The summed E-state index contributed by atoms with van der Waals surface area (Å²) in [4.78, 5) is 25.1. The third-order valence-electron chi connectivity index (χ3n) is 5.05. The summed E-state index contributed by atoms with van der Waals surface area (Å²) in [6.45, 7) is 0.386. The summed E-state index contributed by atoms with van der Waals surface area (Å²) in [6, 6.07) is 24.2. The number of nitrogens with zero attached hydrogens (tertiary/aromatic N) is 2. The molecule has 4 rings (SSSR count). The number of anilines is 1. The van der Waals surface area contributed by atoms with Crippen molar-refractivity contribution in [1.82, 2.24) is 0 Å². The van der Waals surface area contributed by atoms with Gasteiger partial charge in [0, 0.05) is 18.7 Å². The molecule has 0 saturated heterocycles. The standard InChI is InChI=1S/C23H20N2O4/c26-22(24-14-13-17-11-12-20(25(27)28)15-21(17)24)16-29-23(18-7-3-1-4-8-18)19-9-5-2-6-10-19/h1-12,15,23H,13-14,16H2. The van der Waals surface area contributed by atoms with Gasteiger partial charge in [-0.3, -0.25) is 14.9 Å². The summed E-state index contributed by atoms with van der Waals surface area (Å²) in [7, 11) is 0. The van der Waals surface area contributed by atoms with Crippen molar-refractivity contribution >= 4 is 17.3 Å². The minimum absolute atomic E-state index is 0.0178. The molecule has 29 heavy (non-hydrogen) atoms. The molecule has 1 amide bonds. The van der Waals surface area contributed by atoms with Gasteiger partial charge in [0.15, 0.2) is 0 Å². The number of non-ortho nitro benzene ring substituents is 1. The molecular formula is C23H20N2O4. The van der Waals surface area contributed by atoms with Gasteiger partial charge in [0.05, 0.1) is 10.6 Å². The first-order valence-electron chi connectivity index (χ1n) is 9.42. The van der Waals surface area contributed by atoms with Crippen LogP contribution in [0.1, 0.15) is 22.8 Å². The summed E-state index contributed by atoms with van der Waals surface area (Å²) >= 11 is 0. The molecule has 0 spiro atoms. The molecule has 3 aromatic carbocycles. The van der Waals surface area contributed by atoms with Gasteiger partial charge in [-0.25, -0.2) is 0 Å². The Kier molecular flexibility index (Phi) is 5.35. The van der Waals surface area contributed by atoms with Crippen LogP contribution in [0.2, 0.25) is 0 Å². The third-order valence-corrected chi connectivity index (χ3v) is 5.05. The van der Waals surface area contributed by atoms with Crippen molar-refractivity contribution in [2.45, 2.75) is 12.5 Å². The van der Waals surface area contributed by atoms with Crippen LogP contribution in [-0.4, -0.2) is 24.0 Å². The summed E-state index contributed by atoms with van der Waals surface area (Å²) in [6.07, 6.45) is 0.313. The van der Waals surface area contributed by atoms with E-state index in [0.717, 1.165) is 16.7 Å². The minimum atomic E-state index is -0.446. The maximum atomic E-state index is 12.9. The molecule has 1 aliphatic heterocycles. The smallest absolute Gasteiger partial charge is 0.271 e. The lowest BCUT2D eigenvalue weighted by Gasteiger charge is -2.22. The topological polar surface area (TPSA) is 72.7 Å². The van der Waals surface area contributed by atoms with Crippen molar-refractivity contribution in [1.29, 1.82) is 0 Å². The highest BCUT2D eigenvalue weighted by Gasteiger charge is 2.27. The zero-order chi connectivity index (χ0) is 20.2. The zero-order valence-corrected chi connectivity index (χ0v) is 15.7. The normalized spacial score (nSPS) is 12.8. The van der Waals surface area contributed by atoms with Crippen LogP contribution in [0.5, 0.6) is 0 Å². The number of hydrogen-bond donors (Lipinski definition) is 0. The van der Waals surface area contributed by atoms with Gasteiger partial charge in [-0.15, -0.1) is 0 Å². The summed E-state index contributed by atoms with van der Waals surface area (Å²) in [5, 5.41) is 11.1. The first-order valence-corrected chi connectivity index (χ1v) is 9.42. The van der Waals surface area contributed by atoms with E-state index in [1.54, 1.807) is 11.0 Å². The van der Waals surface area contributed by atoms with Crippen LogP contribution in [0.15, 0.2) is 78.9 Å². The average molecular weight is 388 g/mol. The maximum Gasteiger partial charge on any atom is 0.271 e. The number of nitro benzene ring substituents is 1. The van der Waals surface area contributed by atoms with Crippen LogP contribution in [0.3, 0.4) is 0 Å². The van der Waals surface area contributed by atoms with E-state index in [0.29, 0.717) is 18.7 Å². The van der Waals surface area contributed by atoms with Gasteiger partial charge in [-0.2, -0.15) is 0 Å². The maximum absolute atomic E-state index is 12.9. The molecule has 0 unspecified atom stereocenters. The number of amides is 1. The highest BCUT2D eigenvalue weighted by molar-refractivity contribution is 5.96. The monoisotopic (exact) mass is 388 g/mol. The van der Waals surface area contributed by atoms with Crippen LogP contribution in [0.25, 0.3) is 0 Å². The first-order chi connectivity index (χ1) is 14.1. The fraction of sp³-hybridized carbons (Fsp3) is 0.174. The predicted octanol–water partition coefficient (Wildman–Crippen LogP) is 4.29. The molecular weight excluding hydrogens is 368 g/mol. The lowest BCUT2D eigenvalue weighted by Crippen LogP contribution is -2.33. The Hall–Kier alpha value is -3.51. The molecule has 1 heterocycles. The number of fused-ring (bicyclic) bond motifs is 1. The molecule has 6 heteroatoms. The van der Waals surface area contributed by atoms with E-state index >= 15 is 0 Å². The number of hydrogen-bond acceptors (Lipinski definition) is 4. The lowest BCUT2D eigenvalue weighted by molar-refractivity contribution is -0.384. The van der Waals surface area contributed by atoms with Gasteiger partial charge in [-0.1, -0.05) is 66.7 Å². The van der Waals surface area contributed by atoms with E-state index in [2.05, 4.69) is 0 Å². The summed E-state index contributed by atoms with van der Waals surface area (Å²) in [5.74, 6) is -0.207. The molecule has 0 aromatic heterocycles. The van der Waals surface area contributed by atoms with E-state index in [9.17, 15) is 14.9 Å². The van der Waals surface area contributed by atoms with Gasteiger partial charge in [-0.05, 0) is 23.1 Å². The fourth-order valence-corrected chi connectivity index (χ4v) is 3.61. The Balaban J connectivity index is 1.53. The van der Waals surface area contributed by atoms with Gasteiger partial charge in [0.1, 0.15) is 12.7 Å². The van der Waals surface area contributed by atoms with Crippen molar-refractivity contribution < 1.29 is 14.5 Å². The summed E-state index contributed by atoms with van der Waals surface area (Å²) in [5.41, 5.74) is 3.44. The van der Waals surface area contributed by atoms with Gasteiger partial charge in [0.25, 0.3) is 11.6 Å². The van der Waals surface area contributed by atoms with Crippen LogP contribution in [0.4, 0.5) is 11.4 Å². The molecule has 0 saturated carbocycles. The molecule has 0 N–H and O–H groups in total.